The summed E-state index contributed by atoms with van der Waals surface area (Å²) >= 11 is 0. The molecule has 1 atom stereocenters. The molecule has 0 amide bonds. The van der Waals surface area contributed by atoms with Crippen molar-refractivity contribution in [3.8, 4) is 0 Å². The van der Waals surface area contributed by atoms with Crippen LogP contribution in [0.25, 0.3) is 10.9 Å². The van der Waals surface area contributed by atoms with Crippen LogP contribution >= 0.6 is 0 Å². The van der Waals surface area contributed by atoms with E-state index in [0.29, 0.717) is 0 Å². The van der Waals surface area contributed by atoms with Gasteiger partial charge in [0.1, 0.15) is 0 Å². The van der Waals surface area contributed by atoms with Crippen molar-refractivity contribution in [3.63, 3.8) is 0 Å². The highest BCUT2D eigenvalue weighted by Crippen LogP contribution is 2.18. The van der Waals surface area contributed by atoms with E-state index in [4.69, 9.17) is 5.73 Å². The van der Waals surface area contributed by atoms with Gasteiger partial charge in [0.05, 0.1) is 5.52 Å². The van der Waals surface area contributed by atoms with Crippen molar-refractivity contribution in [1.82, 2.24) is 9.78 Å². The third kappa shape index (κ3) is 2.02. The molecule has 0 aliphatic rings. The topological polar surface area (TPSA) is 43.8 Å². The summed E-state index contributed by atoms with van der Waals surface area (Å²) in [6.45, 7) is 2.04. The molecule has 0 saturated carbocycles. The number of benzene rings is 1. The predicted molar refractivity (Wildman–Crippen MR) is 62.7 cm³/mol. The van der Waals surface area contributed by atoms with E-state index in [0.717, 1.165) is 18.4 Å². The second-order valence-corrected chi connectivity index (χ2v) is 4.10. The van der Waals surface area contributed by atoms with Crippen molar-refractivity contribution in [2.75, 3.05) is 0 Å². The first-order chi connectivity index (χ1) is 7.18. The minimum absolute atomic E-state index is 0.249. The van der Waals surface area contributed by atoms with E-state index >= 15 is 0 Å². The fraction of sp³-hybridized carbons (Fsp3) is 0.417. The average molecular weight is 203 g/mol. The summed E-state index contributed by atoms with van der Waals surface area (Å²) in [4.78, 5) is 0. The Morgan fingerprint density at radius 2 is 2.13 bits per heavy atom. The molecule has 2 N–H and O–H groups in total. The number of nitrogens with zero attached hydrogens (tertiary/aromatic N) is 2. The lowest BCUT2D eigenvalue weighted by Gasteiger charge is -2.05. The highest BCUT2D eigenvalue weighted by molar-refractivity contribution is 5.81. The molecule has 0 saturated heterocycles. The van der Waals surface area contributed by atoms with Crippen molar-refractivity contribution < 1.29 is 0 Å². The Bertz CT molecular complexity index is 457. The lowest BCUT2D eigenvalue weighted by atomic mass is 10.1. The van der Waals surface area contributed by atoms with E-state index in [2.05, 4.69) is 17.2 Å². The van der Waals surface area contributed by atoms with Gasteiger partial charge in [0.15, 0.2) is 0 Å². The number of hydrogen-bond acceptors (Lipinski definition) is 2. The van der Waals surface area contributed by atoms with E-state index in [-0.39, 0.29) is 6.04 Å². The smallest absolute Gasteiger partial charge is 0.0926 e. The van der Waals surface area contributed by atoms with Crippen LogP contribution in [0.5, 0.6) is 0 Å². The van der Waals surface area contributed by atoms with E-state index in [9.17, 15) is 0 Å². The summed E-state index contributed by atoms with van der Waals surface area (Å²) in [7, 11) is 2.00. The zero-order valence-corrected chi connectivity index (χ0v) is 9.27. The second-order valence-electron chi connectivity index (χ2n) is 4.10. The molecule has 1 heterocycles. The first kappa shape index (κ1) is 10.2. The fourth-order valence-corrected chi connectivity index (χ4v) is 1.86. The first-order valence-corrected chi connectivity index (χ1v) is 5.34. The molecule has 0 bridgehead atoms. The Labute approximate surface area is 89.9 Å². The zero-order valence-electron chi connectivity index (χ0n) is 9.27. The average Bonchev–Trinajstić information content (AvgIpc) is 2.50. The molecule has 0 unspecified atom stereocenters. The molecule has 3 heteroatoms. The first-order valence-electron chi connectivity index (χ1n) is 5.34. The molecule has 15 heavy (non-hydrogen) atoms. The highest BCUT2D eigenvalue weighted by atomic mass is 15.3. The molecule has 2 rings (SSSR count). The minimum Gasteiger partial charge on any atom is -0.328 e. The second kappa shape index (κ2) is 4.03. The SMILES string of the molecule is C[C@H](N)CCc1c2ccccc2nn1C. The summed E-state index contributed by atoms with van der Waals surface area (Å²) in [5.74, 6) is 0. The van der Waals surface area contributed by atoms with Gasteiger partial charge in [-0.05, 0) is 25.8 Å². The molecule has 1 aromatic carbocycles. The van der Waals surface area contributed by atoms with Crippen LogP contribution in [0, 0.1) is 0 Å². The lowest BCUT2D eigenvalue weighted by Crippen LogP contribution is -2.16. The molecule has 80 valence electrons. The molecule has 0 fully saturated rings. The van der Waals surface area contributed by atoms with Crippen LogP contribution in [0.1, 0.15) is 19.0 Å². The van der Waals surface area contributed by atoms with Crippen molar-refractivity contribution in [2.24, 2.45) is 12.8 Å². The van der Waals surface area contributed by atoms with Crippen LogP contribution < -0.4 is 5.73 Å². The van der Waals surface area contributed by atoms with Crippen LogP contribution in [0.2, 0.25) is 0 Å². The van der Waals surface area contributed by atoms with Gasteiger partial charge in [0.25, 0.3) is 0 Å². The normalized spacial score (nSPS) is 13.3. The van der Waals surface area contributed by atoms with Gasteiger partial charge in [-0.2, -0.15) is 5.10 Å². The number of fused-ring (bicyclic) bond motifs is 1. The molecule has 1 aromatic heterocycles. The molecule has 2 aromatic rings. The van der Waals surface area contributed by atoms with Gasteiger partial charge in [0.2, 0.25) is 0 Å². The Balaban J connectivity index is 2.36. The lowest BCUT2D eigenvalue weighted by molar-refractivity contribution is 0.627. The van der Waals surface area contributed by atoms with Crippen molar-refractivity contribution in [3.05, 3.63) is 30.0 Å². The van der Waals surface area contributed by atoms with Gasteiger partial charge in [-0.25, -0.2) is 0 Å². The summed E-state index contributed by atoms with van der Waals surface area (Å²) < 4.78 is 1.97. The minimum atomic E-state index is 0.249. The van der Waals surface area contributed by atoms with Crippen LogP contribution in [0.4, 0.5) is 0 Å². The zero-order chi connectivity index (χ0) is 10.8. The molecular weight excluding hydrogens is 186 g/mol. The number of hydrogen-bond donors (Lipinski definition) is 1. The number of rotatable bonds is 3. The summed E-state index contributed by atoms with van der Waals surface area (Å²) in [6.07, 6.45) is 2.00. The summed E-state index contributed by atoms with van der Waals surface area (Å²) in [5.41, 5.74) is 8.12. The third-order valence-electron chi connectivity index (χ3n) is 2.70. The monoisotopic (exact) mass is 203 g/mol. The highest BCUT2D eigenvalue weighted by Gasteiger charge is 2.08. The fourth-order valence-electron chi connectivity index (χ4n) is 1.86. The Kier molecular flexibility index (Phi) is 2.73. The van der Waals surface area contributed by atoms with Crippen molar-refractivity contribution in [1.29, 1.82) is 0 Å². The van der Waals surface area contributed by atoms with Crippen LogP contribution in [0.15, 0.2) is 24.3 Å². The predicted octanol–water partition coefficient (Wildman–Crippen LogP) is 1.85. The van der Waals surface area contributed by atoms with Gasteiger partial charge < -0.3 is 5.73 Å². The molecular formula is C12H17N3. The molecule has 3 nitrogen and oxygen atoms in total. The Morgan fingerprint density at radius 1 is 1.40 bits per heavy atom. The van der Waals surface area contributed by atoms with Crippen molar-refractivity contribution >= 4 is 10.9 Å². The van der Waals surface area contributed by atoms with E-state index < -0.39 is 0 Å². The number of aryl methyl sites for hydroxylation is 2. The van der Waals surface area contributed by atoms with Gasteiger partial charge >= 0.3 is 0 Å². The van der Waals surface area contributed by atoms with Gasteiger partial charge in [0, 0.05) is 24.2 Å². The quantitative estimate of drug-likeness (QED) is 0.827. The standard InChI is InChI=1S/C12H17N3/c1-9(13)7-8-12-10-5-3-4-6-11(10)14-15(12)2/h3-6,9H,7-8,13H2,1-2H3/t9-/m0/s1. The Morgan fingerprint density at radius 3 is 2.87 bits per heavy atom. The van der Waals surface area contributed by atoms with E-state index in [1.807, 2.05) is 30.8 Å². The van der Waals surface area contributed by atoms with Crippen molar-refractivity contribution in [2.45, 2.75) is 25.8 Å². The molecule has 0 radical (unpaired) electrons. The van der Waals surface area contributed by atoms with Gasteiger partial charge in [-0.15, -0.1) is 0 Å². The molecule has 0 spiro atoms. The van der Waals surface area contributed by atoms with E-state index in [1.165, 1.54) is 11.1 Å². The number of nitrogens with two attached hydrogens (primary N) is 1. The molecule has 0 aliphatic heterocycles. The number of aromatic nitrogens is 2. The van der Waals surface area contributed by atoms with Crippen LogP contribution in [-0.2, 0) is 13.5 Å². The maximum atomic E-state index is 5.77. The maximum absolute atomic E-state index is 5.77. The largest absolute Gasteiger partial charge is 0.328 e. The van der Waals surface area contributed by atoms with Crippen LogP contribution in [-0.4, -0.2) is 15.8 Å². The third-order valence-corrected chi connectivity index (χ3v) is 2.70. The molecule has 0 aliphatic carbocycles. The maximum Gasteiger partial charge on any atom is 0.0926 e. The van der Waals surface area contributed by atoms with E-state index in [1.54, 1.807) is 0 Å². The van der Waals surface area contributed by atoms with Gasteiger partial charge in [-0.3, -0.25) is 4.68 Å². The van der Waals surface area contributed by atoms with Crippen LogP contribution in [0.3, 0.4) is 0 Å². The van der Waals surface area contributed by atoms with Gasteiger partial charge in [-0.1, -0.05) is 18.2 Å². The summed E-state index contributed by atoms with van der Waals surface area (Å²) in [5, 5.41) is 5.72. The summed E-state index contributed by atoms with van der Waals surface area (Å²) in [6, 6.07) is 8.49. The Hall–Kier alpha value is -1.35.